The number of aromatic hydroxyl groups is 3. The molecule has 4 nitrogen and oxygen atoms in total. The fraction of sp³-hybridized carbons (Fsp3) is 0. The van der Waals surface area contributed by atoms with Gasteiger partial charge >= 0.3 is 0 Å². The van der Waals surface area contributed by atoms with Crippen LogP contribution in [0.1, 0.15) is 0 Å². The van der Waals surface area contributed by atoms with Crippen LogP contribution in [0.25, 0.3) is 11.1 Å². The molecule has 2 aliphatic carbocycles. The predicted molar refractivity (Wildman–Crippen MR) is 54.3 cm³/mol. The van der Waals surface area contributed by atoms with Crippen LogP contribution in [0.15, 0.2) is 35.1 Å². The first-order valence-corrected chi connectivity index (χ1v) is 4.27. The largest absolute Gasteiger partial charge is 0.508 e. The lowest BCUT2D eigenvalue weighted by atomic mass is 10.1. The van der Waals surface area contributed by atoms with Gasteiger partial charge in [-0.25, -0.2) is 0 Å². The van der Waals surface area contributed by atoms with Gasteiger partial charge in [-0.2, -0.15) is 0 Å². The van der Waals surface area contributed by atoms with Crippen molar-refractivity contribution in [3.63, 3.8) is 0 Å². The number of phenolic OH excluding ortho intramolecular Hbond substituents is 2. The Kier molecular flexibility index (Phi) is 1.97. The standard InChI is InChI=1S/C11H8O4/c12-7-3-1-2-6-4-9(13)11(15)10(14)8(6)5-7/h1-5,12-14H. The molecule has 0 spiro atoms. The van der Waals surface area contributed by atoms with Gasteiger partial charge in [-0.05, 0) is 23.8 Å². The van der Waals surface area contributed by atoms with Gasteiger partial charge in [-0.1, -0.05) is 12.1 Å². The van der Waals surface area contributed by atoms with Crippen molar-refractivity contribution < 1.29 is 15.3 Å². The van der Waals surface area contributed by atoms with E-state index in [0.29, 0.717) is 5.56 Å². The van der Waals surface area contributed by atoms with E-state index in [2.05, 4.69) is 0 Å². The van der Waals surface area contributed by atoms with Gasteiger partial charge in [0.1, 0.15) is 5.75 Å². The van der Waals surface area contributed by atoms with Crippen molar-refractivity contribution in [3.05, 3.63) is 40.6 Å². The van der Waals surface area contributed by atoms with Gasteiger partial charge in [0.2, 0.25) is 0 Å². The van der Waals surface area contributed by atoms with Gasteiger partial charge in [0.25, 0.3) is 5.43 Å². The molecule has 0 aromatic heterocycles. The van der Waals surface area contributed by atoms with Crippen molar-refractivity contribution in [2.75, 3.05) is 0 Å². The van der Waals surface area contributed by atoms with E-state index in [1.165, 1.54) is 18.2 Å². The van der Waals surface area contributed by atoms with Crippen molar-refractivity contribution in [1.82, 2.24) is 0 Å². The van der Waals surface area contributed by atoms with E-state index >= 15 is 0 Å². The maximum Gasteiger partial charge on any atom is 0.262 e. The quantitative estimate of drug-likeness (QED) is 0.603. The van der Waals surface area contributed by atoms with E-state index < -0.39 is 16.9 Å². The third kappa shape index (κ3) is 1.46. The second-order valence-corrected chi connectivity index (χ2v) is 3.17. The molecule has 0 unspecified atom stereocenters. The zero-order chi connectivity index (χ0) is 11.0. The van der Waals surface area contributed by atoms with E-state index in [1.807, 2.05) is 0 Å². The summed E-state index contributed by atoms with van der Waals surface area (Å²) in [4.78, 5) is 11.2. The molecular weight excluding hydrogens is 196 g/mol. The molecule has 3 N–H and O–H groups in total. The minimum Gasteiger partial charge on any atom is -0.508 e. The van der Waals surface area contributed by atoms with Gasteiger partial charge in [0.05, 0.1) is 0 Å². The number of hydrogen-bond acceptors (Lipinski definition) is 4. The highest BCUT2D eigenvalue weighted by Gasteiger charge is 2.13. The summed E-state index contributed by atoms with van der Waals surface area (Å²) in [6.45, 7) is 0. The SMILES string of the molecule is O=c1c(O)cc2cccc(O)cc-2c1O. The average molecular weight is 204 g/mol. The third-order valence-corrected chi connectivity index (χ3v) is 2.14. The minimum atomic E-state index is -0.840. The first-order valence-electron chi connectivity index (χ1n) is 4.27. The van der Waals surface area contributed by atoms with Crippen LogP contribution < -0.4 is 5.43 Å². The summed E-state index contributed by atoms with van der Waals surface area (Å²) in [5, 5.41) is 28.0. The van der Waals surface area contributed by atoms with Crippen molar-refractivity contribution in [3.8, 4) is 28.4 Å². The molecule has 0 bridgehead atoms. The van der Waals surface area contributed by atoms with Gasteiger partial charge in [-0.3, -0.25) is 4.79 Å². The number of benzene rings is 1. The first kappa shape index (κ1) is 9.33. The Morgan fingerprint density at radius 2 is 1.73 bits per heavy atom. The molecule has 0 aliphatic heterocycles. The summed E-state index contributed by atoms with van der Waals surface area (Å²) in [5.74, 6) is -1.13. The Morgan fingerprint density at radius 1 is 1.00 bits per heavy atom. The zero-order valence-corrected chi connectivity index (χ0v) is 7.64. The van der Waals surface area contributed by atoms with Crippen molar-refractivity contribution in [1.29, 1.82) is 0 Å². The van der Waals surface area contributed by atoms with E-state index in [9.17, 15) is 20.1 Å². The van der Waals surface area contributed by atoms with Crippen LogP contribution in [0.3, 0.4) is 0 Å². The summed E-state index contributed by atoms with van der Waals surface area (Å²) in [7, 11) is 0. The van der Waals surface area contributed by atoms with E-state index in [4.69, 9.17) is 0 Å². The summed E-state index contributed by atoms with van der Waals surface area (Å²) < 4.78 is 0. The Hall–Kier alpha value is -2.23. The summed E-state index contributed by atoms with van der Waals surface area (Å²) in [6, 6.07) is 7.07. The average Bonchev–Trinajstić information content (AvgIpc) is 2.37. The summed E-state index contributed by atoms with van der Waals surface area (Å²) >= 11 is 0. The highest BCUT2D eigenvalue weighted by atomic mass is 16.3. The van der Waals surface area contributed by atoms with Crippen LogP contribution in [0.5, 0.6) is 17.2 Å². The van der Waals surface area contributed by atoms with Crippen molar-refractivity contribution >= 4 is 0 Å². The molecule has 76 valence electrons. The number of phenols is 2. The van der Waals surface area contributed by atoms with E-state index in [1.54, 1.807) is 12.1 Å². The van der Waals surface area contributed by atoms with Gasteiger partial charge in [0.15, 0.2) is 11.5 Å². The highest BCUT2D eigenvalue weighted by molar-refractivity contribution is 5.74. The number of hydrogen-bond donors (Lipinski definition) is 3. The second-order valence-electron chi connectivity index (χ2n) is 3.17. The predicted octanol–water partition coefficient (Wildman–Crippen LogP) is 1.27. The van der Waals surface area contributed by atoms with Crippen LogP contribution in [0.4, 0.5) is 0 Å². The molecule has 0 fully saturated rings. The molecule has 0 saturated carbocycles. The molecule has 0 amide bonds. The second kappa shape index (κ2) is 3.16. The van der Waals surface area contributed by atoms with Crippen LogP contribution >= 0.6 is 0 Å². The van der Waals surface area contributed by atoms with Crippen LogP contribution in [0.2, 0.25) is 0 Å². The lowest BCUT2D eigenvalue weighted by Gasteiger charge is -2.03. The Bertz CT molecular complexity index is 548. The molecule has 0 radical (unpaired) electrons. The molecule has 0 aromatic rings. The lowest BCUT2D eigenvalue weighted by Crippen LogP contribution is -2.01. The van der Waals surface area contributed by atoms with E-state index in [0.717, 1.165) is 0 Å². The maximum absolute atomic E-state index is 11.2. The fourth-order valence-corrected chi connectivity index (χ4v) is 1.41. The maximum atomic E-state index is 11.2. The van der Waals surface area contributed by atoms with Crippen LogP contribution in [0, 0.1) is 0 Å². The normalized spacial score (nSPS) is 10.4. The Labute approximate surface area is 85.0 Å². The molecule has 0 atom stereocenters. The molecular formula is C11H8O4. The van der Waals surface area contributed by atoms with Gasteiger partial charge in [-0.15, -0.1) is 0 Å². The van der Waals surface area contributed by atoms with Crippen molar-refractivity contribution in [2.45, 2.75) is 0 Å². The van der Waals surface area contributed by atoms with Gasteiger partial charge in [0, 0.05) is 5.56 Å². The van der Waals surface area contributed by atoms with Crippen LogP contribution in [-0.4, -0.2) is 15.3 Å². The minimum absolute atomic E-state index is 0.0645. The van der Waals surface area contributed by atoms with Gasteiger partial charge < -0.3 is 15.3 Å². The smallest absolute Gasteiger partial charge is 0.262 e. The fourth-order valence-electron chi connectivity index (χ4n) is 1.41. The highest BCUT2D eigenvalue weighted by Crippen LogP contribution is 2.32. The lowest BCUT2D eigenvalue weighted by molar-refractivity contribution is 0.442. The summed E-state index contributed by atoms with van der Waals surface area (Å²) in [5.41, 5.74) is -0.154. The molecule has 2 aliphatic rings. The third-order valence-electron chi connectivity index (χ3n) is 2.14. The Morgan fingerprint density at radius 3 is 2.47 bits per heavy atom. The topological polar surface area (TPSA) is 77.8 Å². The number of rotatable bonds is 0. The monoisotopic (exact) mass is 204 g/mol. The molecule has 15 heavy (non-hydrogen) atoms. The summed E-state index contributed by atoms with van der Waals surface area (Å²) in [6.07, 6.45) is 0. The van der Waals surface area contributed by atoms with Crippen molar-refractivity contribution in [2.24, 2.45) is 0 Å². The molecule has 0 saturated heterocycles. The molecule has 0 heterocycles. The van der Waals surface area contributed by atoms with Crippen LogP contribution in [-0.2, 0) is 0 Å². The number of fused-ring (bicyclic) bond motifs is 1. The first-order chi connectivity index (χ1) is 7.09. The Balaban J connectivity index is 2.95. The molecule has 2 rings (SSSR count). The zero-order valence-electron chi connectivity index (χ0n) is 7.64. The molecule has 0 aromatic carbocycles. The molecule has 4 heteroatoms. The van der Waals surface area contributed by atoms with E-state index in [-0.39, 0.29) is 11.3 Å².